The predicted molar refractivity (Wildman–Crippen MR) is 87.1 cm³/mol. The van der Waals surface area contributed by atoms with Crippen LogP contribution in [-0.2, 0) is 19.0 Å². The van der Waals surface area contributed by atoms with Crippen LogP contribution in [0, 0.1) is 5.92 Å². The molecule has 0 N–H and O–H groups in total. The molecule has 0 bridgehead atoms. The van der Waals surface area contributed by atoms with Crippen molar-refractivity contribution in [3.05, 3.63) is 35.9 Å². The molecule has 0 aromatic heterocycles. The highest BCUT2D eigenvalue weighted by Crippen LogP contribution is 2.69. The number of rotatable bonds is 3. The van der Waals surface area contributed by atoms with E-state index in [9.17, 15) is 4.79 Å². The van der Waals surface area contributed by atoms with E-state index in [1.54, 1.807) is 0 Å². The quantitative estimate of drug-likeness (QED) is 0.790. The van der Waals surface area contributed by atoms with Crippen molar-refractivity contribution in [2.24, 2.45) is 5.92 Å². The number of benzene rings is 1. The fourth-order valence-corrected chi connectivity index (χ4v) is 5.85. The maximum atomic E-state index is 11.3. The van der Waals surface area contributed by atoms with Crippen LogP contribution in [0.5, 0.6) is 0 Å². The molecule has 5 rings (SSSR count). The molecular weight excluding hydrogens is 304 g/mol. The highest BCUT2D eigenvalue weighted by molar-refractivity contribution is 5.52. The second-order valence-corrected chi connectivity index (χ2v) is 7.81. The largest absolute Gasteiger partial charge is 0.340 e. The van der Waals surface area contributed by atoms with Crippen molar-refractivity contribution in [2.45, 2.75) is 74.6 Å². The smallest absolute Gasteiger partial charge is 0.201 e. The maximum Gasteiger partial charge on any atom is 0.201 e. The van der Waals surface area contributed by atoms with Crippen molar-refractivity contribution in [1.82, 2.24) is 0 Å². The van der Waals surface area contributed by atoms with Crippen LogP contribution in [0.1, 0.15) is 63.2 Å². The van der Waals surface area contributed by atoms with E-state index in [1.165, 1.54) is 0 Å². The summed E-state index contributed by atoms with van der Waals surface area (Å²) in [5.74, 6) is -0.399. The van der Waals surface area contributed by atoms with E-state index in [0.717, 1.165) is 56.8 Å². The lowest BCUT2D eigenvalue weighted by Gasteiger charge is -2.41. The molecule has 0 radical (unpaired) electrons. The number of hydrogen-bond acceptors (Lipinski definition) is 4. The predicted octanol–water partition coefficient (Wildman–Crippen LogP) is 3.90. The lowest BCUT2D eigenvalue weighted by Crippen LogP contribution is -2.53. The number of ether oxygens (including phenoxy) is 3. The Morgan fingerprint density at radius 2 is 1.88 bits per heavy atom. The average Bonchev–Trinajstić information content (AvgIpc) is 3.20. The molecule has 0 unspecified atom stereocenters. The zero-order valence-electron chi connectivity index (χ0n) is 13.9. The van der Waals surface area contributed by atoms with Gasteiger partial charge in [-0.3, -0.25) is 0 Å². The van der Waals surface area contributed by atoms with Gasteiger partial charge >= 0.3 is 0 Å². The molecular formula is C20H24O4. The van der Waals surface area contributed by atoms with Gasteiger partial charge in [0.25, 0.3) is 0 Å². The molecule has 5 atom stereocenters. The summed E-state index contributed by atoms with van der Waals surface area (Å²) >= 11 is 0. The van der Waals surface area contributed by atoms with Gasteiger partial charge in [-0.05, 0) is 25.7 Å². The third-order valence-corrected chi connectivity index (χ3v) is 6.72. The van der Waals surface area contributed by atoms with E-state index in [4.69, 9.17) is 14.2 Å². The molecule has 2 heterocycles. The summed E-state index contributed by atoms with van der Waals surface area (Å²) in [6, 6.07) is 10.1. The Kier molecular flexibility index (Phi) is 3.22. The Bertz CT molecular complexity index is 646. The Balaban J connectivity index is 1.57. The van der Waals surface area contributed by atoms with E-state index in [-0.39, 0.29) is 23.4 Å². The van der Waals surface area contributed by atoms with Gasteiger partial charge in [-0.2, -0.15) is 0 Å². The van der Waals surface area contributed by atoms with Gasteiger partial charge in [-0.25, -0.2) is 0 Å². The molecule has 1 aromatic carbocycles. The van der Waals surface area contributed by atoms with Crippen LogP contribution in [0.25, 0.3) is 0 Å². The summed E-state index contributed by atoms with van der Waals surface area (Å²) in [6.45, 7) is 0. The van der Waals surface area contributed by atoms with E-state index >= 15 is 0 Å². The fraction of sp³-hybridized carbons (Fsp3) is 0.650. The zero-order valence-corrected chi connectivity index (χ0v) is 13.9. The van der Waals surface area contributed by atoms with Gasteiger partial charge in [0.1, 0.15) is 11.9 Å². The van der Waals surface area contributed by atoms with Gasteiger partial charge < -0.3 is 19.0 Å². The fourth-order valence-electron chi connectivity index (χ4n) is 5.85. The van der Waals surface area contributed by atoms with Gasteiger partial charge in [0.15, 0.2) is 6.29 Å². The first-order chi connectivity index (χ1) is 11.7. The first-order valence-corrected chi connectivity index (χ1v) is 9.28. The minimum absolute atomic E-state index is 0.268. The summed E-state index contributed by atoms with van der Waals surface area (Å²) in [5.41, 5.74) is 0.300. The third kappa shape index (κ3) is 1.77. The molecule has 2 saturated heterocycles. The monoisotopic (exact) mass is 328 g/mol. The third-order valence-electron chi connectivity index (χ3n) is 6.72. The summed E-state index contributed by atoms with van der Waals surface area (Å²) in [5, 5.41) is 0. The van der Waals surface area contributed by atoms with Crippen LogP contribution in [0.3, 0.4) is 0 Å². The van der Waals surface area contributed by atoms with Crippen molar-refractivity contribution in [2.75, 3.05) is 0 Å². The second-order valence-electron chi connectivity index (χ2n) is 7.81. The van der Waals surface area contributed by atoms with Crippen molar-refractivity contribution in [3.8, 4) is 0 Å². The van der Waals surface area contributed by atoms with Gasteiger partial charge in [-0.15, -0.1) is 0 Å². The molecule has 0 amide bonds. The Morgan fingerprint density at radius 1 is 1.04 bits per heavy atom. The van der Waals surface area contributed by atoms with E-state index in [1.807, 2.05) is 18.2 Å². The SMILES string of the molecule is O=CC[C@]12CCC[C@H]1[C@@]13CCCC[C@@]1(O[C@H](c1ccccc1)O3)O2. The molecule has 24 heavy (non-hydrogen) atoms. The molecule has 2 saturated carbocycles. The van der Waals surface area contributed by atoms with E-state index < -0.39 is 5.79 Å². The van der Waals surface area contributed by atoms with Gasteiger partial charge in [-0.1, -0.05) is 43.2 Å². The van der Waals surface area contributed by atoms with Crippen LogP contribution in [0.15, 0.2) is 30.3 Å². The summed E-state index contributed by atoms with van der Waals surface area (Å²) < 4.78 is 19.9. The summed E-state index contributed by atoms with van der Waals surface area (Å²) in [6.07, 6.45) is 8.32. The molecule has 4 aliphatic rings. The number of aldehydes is 1. The first-order valence-electron chi connectivity index (χ1n) is 9.28. The molecule has 1 aromatic rings. The van der Waals surface area contributed by atoms with Crippen molar-refractivity contribution < 1.29 is 19.0 Å². The molecule has 2 aliphatic heterocycles. The standard InChI is InChI=1S/C20H24O4/c21-14-13-18-10-6-9-16(18)19-11-4-5-12-20(19,24-18)23-17(22-19)15-7-2-1-3-8-15/h1-3,7-8,14,16-17H,4-6,9-13H2/t16-,17-,18-,19+,20-/m1/s1. The number of carbonyl (C=O) groups excluding carboxylic acids is 1. The molecule has 0 spiro atoms. The first kappa shape index (κ1) is 15.1. The number of fused-ring (bicyclic) bond motifs is 1. The number of hydrogen-bond donors (Lipinski definition) is 0. The van der Waals surface area contributed by atoms with Gasteiger partial charge in [0.05, 0.1) is 5.60 Å². The highest BCUT2D eigenvalue weighted by atomic mass is 16.8. The minimum atomic E-state index is -0.667. The highest BCUT2D eigenvalue weighted by Gasteiger charge is 2.77. The average molecular weight is 328 g/mol. The van der Waals surface area contributed by atoms with Gasteiger partial charge in [0.2, 0.25) is 5.79 Å². The topological polar surface area (TPSA) is 44.8 Å². The van der Waals surface area contributed by atoms with Crippen LogP contribution in [-0.4, -0.2) is 23.3 Å². The zero-order chi connectivity index (χ0) is 16.3. The lowest BCUT2D eigenvalue weighted by molar-refractivity contribution is -0.268. The maximum absolute atomic E-state index is 11.3. The van der Waals surface area contributed by atoms with Gasteiger partial charge in [0, 0.05) is 24.3 Å². The normalized spacial score (nSPS) is 46.3. The van der Waals surface area contributed by atoms with E-state index in [2.05, 4.69) is 12.1 Å². The second kappa shape index (κ2) is 5.13. The molecule has 4 fully saturated rings. The van der Waals surface area contributed by atoms with Crippen LogP contribution in [0.2, 0.25) is 0 Å². The molecule has 128 valence electrons. The molecule has 2 aliphatic carbocycles. The lowest BCUT2D eigenvalue weighted by atomic mass is 9.69. The van der Waals surface area contributed by atoms with Crippen molar-refractivity contribution in [3.63, 3.8) is 0 Å². The summed E-state index contributed by atoms with van der Waals surface area (Å²) in [4.78, 5) is 11.3. The number of carbonyl (C=O) groups is 1. The van der Waals surface area contributed by atoms with Crippen LogP contribution in [0.4, 0.5) is 0 Å². The van der Waals surface area contributed by atoms with E-state index in [0.29, 0.717) is 6.42 Å². The Morgan fingerprint density at radius 3 is 2.71 bits per heavy atom. The summed E-state index contributed by atoms with van der Waals surface area (Å²) in [7, 11) is 0. The Hall–Kier alpha value is -1.23. The molecule has 4 nitrogen and oxygen atoms in total. The van der Waals surface area contributed by atoms with Crippen LogP contribution < -0.4 is 0 Å². The van der Waals surface area contributed by atoms with Crippen molar-refractivity contribution in [1.29, 1.82) is 0 Å². The van der Waals surface area contributed by atoms with Crippen molar-refractivity contribution >= 4 is 6.29 Å². The molecule has 4 heteroatoms. The minimum Gasteiger partial charge on any atom is -0.340 e. The Labute approximate surface area is 142 Å². The van der Waals surface area contributed by atoms with Crippen LogP contribution >= 0.6 is 0 Å².